The number of carbonyl (C=O) groups excluding carboxylic acids is 1. The summed E-state index contributed by atoms with van der Waals surface area (Å²) in [7, 11) is 0. The van der Waals surface area contributed by atoms with Gasteiger partial charge in [0.1, 0.15) is 0 Å². The maximum Gasteiger partial charge on any atom is 0.238 e. The van der Waals surface area contributed by atoms with Gasteiger partial charge in [0, 0.05) is 31.4 Å². The maximum atomic E-state index is 12.6. The van der Waals surface area contributed by atoms with Crippen molar-refractivity contribution in [1.82, 2.24) is 9.80 Å². The SMILES string of the molecule is CCOc1ccc(NC(=O)CN2CCCN(Cc3ccc(C#N)cc3)CC2)cc1OCC. The minimum absolute atomic E-state index is 0.0304. The average Bonchev–Trinajstić information content (AvgIpc) is 3.01. The summed E-state index contributed by atoms with van der Waals surface area (Å²) < 4.78 is 11.2. The molecule has 7 nitrogen and oxygen atoms in total. The Morgan fingerprint density at radius 1 is 0.969 bits per heavy atom. The summed E-state index contributed by atoms with van der Waals surface area (Å²) >= 11 is 0. The van der Waals surface area contributed by atoms with E-state index in [1.807, 2.05) is 56.3 Å². The van der Waals surface area contributed by atoms with Crippen molar-refractivity contribution in [2.75, 3.05) is 51.3 Å². The lowest BCUT2D eigenvalue weighted by Crippen LogP contribution is -2.36. The fourth-order valence-electron chi connectivity index (χ4n) is 3.82. The minimum Gasteiger partial charge on any atom is -0.490 e. The molecule has 7 heteroatoms. The van der Waals surface area contributed by atoms with Crippen molar-refractivity contribution < 1.29 is 14.3 Å². The number of hydrogen-bond acceptors (Lipinski definition) is 6. The Hall–Kier alpha value is -3.08. The van der Waals surface area contributed by atoms with Gasteiger partial charge in [-0.05, 0) is 63.2 Å². The number of nitrogens with one attached hydrogen (secondary N) is 1. The number of nitriles is 1. The second-order valence-electron chi connectivity index (χ2n) is 7.79. The number of nitrogens with zero attached hydrogens (tertiary/aromatic N) is 3. The highest BCUT2D eigenvalue weighted by Crippen LogP contribution is 2.30. The van der Waals surface area contributed by atoms with Gasteiger partial charge in [0.2, 0.25) is 5.91 Å². The van der Waals surface area contributed by atoms with Crippen LogP contribution in [0.15, 0.2) is 42.5 Å². The van der Waals surface area contributed by atoms with Crippen LogP contribution < -0.4 is 14.8 Å². The van der Waals surface area contributed by atoms with Crippen LogP contribution >= 0.6 is 0 Å². The third kappa shape index (κ3) is 6.98. The lowest BCUT2D eigenvalue weighted by molar-refractivity contribution is -0.117. The first-order chi connectivity index (χ1) is 15.6. The molecule has 2 aromatic rings. The molecule has 0 saturated carbocycles. The molecule has 0 radical (unpaired) electrons. The molecule has 2 aromatic carbocycles. The van der Waals surface area contributed by atoms with Crippen molar-refractivity contribution in [2.24, 2.45) is 0 Å². The summed E-state index contributed by atoms with van der Waals surface area (Å²) in [4.78, 5) is 17.2. The molecule has 1 N–H and O–H groups in total. The van der Waals surface area contributed by atoms with Crippen molar-refractivity contribution in [1.29, 1.82) is 5.26 Å². The van der Waals surface area contributed by atoms with Crippen molar-refractivity contribution in [3.8, 4) is 17.6 Å². The van der Waals surface area contributed by atoms with Crippen molar-refractivity contribution in [3.05, 3.63) is 53.6 Å². The van der Waals surface area contributed by atoms with Gasteiger partial charge < -0.3 is 14.8 Å². The summed E-state index contributed by atoms with van der Waals surface area (Å²) in [5, 5.41) is 11.9. The Balaban J connectivity index is 1.50. The number of ether oxygens (including phenoxy) is 2. The number of amides is 1. The van der Waals surface area contributed by atoms with E-state index in [-0.39, 0.29) is 5.91 Å². The molecule has 32 heavy (non-hydrogen) atoms. The third-order valence-electron chi connectivity index (χ3n) is 5.36. The number of rotatable bonds is 9. The summed E-state index contributed by atoms with van der Waals surface area (Å²) in [6.45, 7) is 9.80. The predicted molar refractivity (Wildman–Crippen MR) is 125 cm³/mol. The van der Waals surface area contributed by atoms with Crippen LogP contribution in [0.4, 0.5) is 5.69 Å². The molecule has 3 rings (SSSR count). The van der Waals surface area contributed by atoms with Crippen LogP contribution in [0.1, 0.15) is 31.4 Å². The van der Waals surface area contributed by atoms with Gasteiger partial charge >= 0.3 is 0 Å². The highest BCUT2D eigenvalue weighted by Gasteiger charge is 2.18. The van der Waals surface area contributed by atoms with Gasteiger partial charge in [-0.1, -0.05) is 12.1 Å². The number of hydrogen-bond donors (Lipinski definition) is 1. The highest BCUT2D eigenvalue weighted by molar-refractivity contribution is 5.92. The second kappa shape index (κ2) is 12.1. The molecular weight excluding hydrogens is 404 g/mol. The van der Waals surface area contributed by atoms with Gasteiger partial charge in [0.25, 0.3) is 0 Å². The standard InChI is InChI=1S/C25H32N4O3/c1-3-31-23-11-10-22(16-24(23)32-4-2)27-25(30)19-29-13-5-12-28(14-15-29)18-21-8-6-20(17-26)7-9-21/h6-11,16H,3-5,12-15,18-19H2,1-2H3,(H,27,30). The number of anilines is 1. The molecule has 0 spiro atoms. The summed E-state index contributed by atoms with van der Waals surface area (Å²) in [5.41, 5.74) is 2.60. The third-order valence-corrected chi connectivity index (χ3v) is 5.36. The molecule has 1 saturated heterocycles. The maximum absolute atomic E-state index is 12.6. The highest BCUT2D eigenvalue weighted by atomic mass is 16.5. The van der Waals surface area contributed by atoms with Crippen LogP contribution in [0, 0.1) is 11.3 Å². The van der Waals surface area contributed by atoms with E-state index < -0.39 is 0 Å². The lowest BCUT2D eigenvalue weighted by atomic mass is 10.1. The smallest absolute Gasteiger partial charge is 0.238 e. The first kappa shape index (κ1) is 23.6. The molecule has 0 atom stereocenters. The Morgan fingerprint density at radius 2 is 1.66 bits per heavy atom. The Bertz CT molecular complexity index is 924. The molecule has 170 valence electrons. The molecule has 1 aliphatic heterocycles. The van der Waals surface area contributed by atoms with Gasteiger partial charge in [-0.3, -0.25) is 14.6 Å². The zero-order valence-corrected chi connectivity index (χ0v) is 19.0. The van der Waals surface area contributed by atoms with E-state index in [1.54, 1.807) is 0 Å². The molecule has 1 amide bonds. The number of carbonyl (C=O) groups is 1. The van der Waals surface area contributed by atoms with Crippen LogP contribution in [0.5, 0.6) is 11.5 Å². The van der Waals surface area contributed by atoms with Crippen LogP contribution in [-0.2, 0) is 11.3 Å². The van der Waals surface area contributed by atoms with Crippen LogP contribution in [-0.4, -0.2) is 61.6 Å². The monoisotopic (exact) mass is 436 g/mol. The molecule has 1 aliphatic rings. The van der Waals surface area contributed by atoms with Crippen molar-refractivity contribution >= 4 is 11.6 Å². The second-order valence-corrected chi connectivity index (χ2v) is 7.79. The zero-order valence-electron chi connectivity index (χ0n) is 19.0. The fraction of sp³-hybridized carbons (Fsp3) is 0.440. The summed E-state index contributed by atoms with van der Waals surface area (Å²) in [5.74, 6) is 1.29. The van der Waals surface area contributed by atoms with Crippen LogP contribution in [0.3, 0.4) is 0 Å². The van der Waals surface area contributed by atoms with E-state index in [2.05, 4.69) is 21.2 Å². The molecule has 0 unspecified atom stereocenters. The van der Waals surface area contributed by atoms with Crippen LogP contribution in [0.2, 0.25) is 0 Å². The van der Waals surface area contributed by atoms with Crippen molar-refractivity contribution in [2.45, 2.75) is 26.8 Å². The Kier molecular flexibility index (Phi) is 8.90. The minimum atomic E-state index is -0.0304. The molecule has 1 heterocycles. The quantitative estimate of drug-likeness (QED) is 0.648. The molecule has 0 bridgehead atoms. The van der Waals surface area contributed by atoms with E-state index in [4.69, 9.17) is 14.7 Å². The number of benzene rings is 2. The topological polar surface area (TPSA) is 77.8 Å². The van der Waals surface area contributed by atoms with E-state index in [0.717, 1.165) is 39.1 Å². The van der Waals surface area contributed by atoms with Gasteiger partial charge in [-0.15, -0.1) is 0 Å². The van der Waals surface area contributed by atoms with Gasteiger partial charge in [-0.25, -0.2) is 0 Å². The van der Waals surface area contributed by atoms with Gasteiger partial charge in [0.05, 0.1) is 31.4 Å². The molecule has 0 aliphatic carbocycles. The summed E-state index contributed by atoms with van der Waals surface area (Å²) in [6, 6.07) is 15.4. The van der Waals surface area contributed by atoms with E-state index in [0.29, 0.717) is 42.5 Å². The van der Waals surface area contributed by atoms with Gasteiger partial charge in [-0.2, -0.15) is 5.26 Å². The van der Waals surface area contributed by atoms with Crippen LogP contribution in [0.25, 0.3) is 0 Å². The normalized spacial score (nSPS) is 14.9. The zero-order chi connectivity index (χ0) is 22.8. The average molecular weight is 437 g/mol. The summed E-state index contributed by atoms with van der Waals surface area (Å²) in [6.07, 6.45) is 1.01. The molecule has 1 fully saturated rings. The Morgan fingerprint density at radius 3 is 2.38 bits per heavy atom. The van der Waals surface area contributed by atoms with Gasteiger partial charge in [0.15, 0.2) is 11.5 Å². The predicted octanol–water partition coefficient (Wildman–Crippen LogP) is 3.50. The Labute approximate surface area is 190 Å². The first-order valence-electron chi connectivity index (χ1n) is 11.2. The fourth-order valence-corrected chi connectivity index (χ4v) is 3.82. The lowest BCUT2D eigenvalue weighted by Gasteiger charge is -2.21. The van der Waals surface area contributed by atoms with E-state index in [1.165, 1.54) is 5.56 Å². The van der Waals surface area contributed by atoms with E-state index in [9.17, 15) is 4.79 Å². The molecular formula is C25H32N4O3. The molecule has 0 aromatic heterocycles. The van der Waals surface area contributed by atoms with Crippen molar-refractivity contribution in [3.63, 3.8) is 0 Å². The largest absolute Gasteiger partial charge is 0.490 e. The first-order valence-corrected chi connectivity index (χ1v) is 11.2. The van der Waals surface area contributed by atoms with E-state index >= 15 is 0 Å².